The Hall–Kier alpha value is -2.75. The fourth-order valence-corrected chi connectivity index (χ4v) is 4.50. The minimum absolute atomic E-state index is 0. The summed E-state index contributed by atoms with van der Waals surface area (Å²) in [6.07, 6.45) is 1.51. The Balaban J connectivity index is 0.00000385. The van der Waals surface area contributed by atoms with Crippen LogP contribution in [0.25, 0.3) is 10.2 Å². The van der Waals surface area contributed by atoms with Crippen LogP contribution in [0.2, 0.25) is 0 Å². The SMILES string of the molecule is CCN(CC)CCNC(=O)c1ccc(NC(=O)c2sc3ncn(CC)c(=O)c3c2C)cc1.Cl. The van der Waals surface area contributed by atoms with Gasteiger partial charge >= 0.3 is 0 Å². The molecule has 2 amide bonds. The minimum Gasteiger partial charge on any atom is -0.351 e. The second-order valence-corrected chi connectivity index (χ2v) is 8.39. The number of benzene rings is 1. The van der Waals surface area contributed by atoms with Crippen molar-refractivity contribution in [1.82, 2.24) is 19.8 Å². The molecule has 33 heavy (non-hydrogen) atoms. The molecule has 10 heteroatoms. The Morgan fingerprint density at radius 3 is 2.36 bits per heavy atom. The lowest BCUT2D eigenvalue weighted by atomic mass is 10.1. The molecule has 178 valence electrons. The molecule has 0 bridgehead atoms. The summed E-state index contributed by atoms with van der Waals surface area (Å²) in [6.45, 7) is 11.6. The predicted octanol–water partition coefficient (Wildman–Crippen LogP) is 3.53. The topological polar surface area (TPSA) is 96.3 Å². The minimum atomic E-state index is -0.302. The molecule has 0 aliphatic carbocycles. The molecular formula is C23H30ClN5O3S. The zero-order chi connectivity index (χ0) is 23.3. The Kier molecular flexibility index (Phi) is 9.57. The summed E-state index contributed by atoms with van der Waals surface area (Å²) < 4.78 is 1.52. The van der Waals surface area contributed by atoms with Gasteiger partial charge in [-0.25, -0.2) is 4.98 Å². The van der Waals surface area contributed by atoms with Crippen molar-refractivity contribution in [2.45, 2.75) is 34.2 Å². The van der Waals surface area contributed by atoms with Crippen LogP contribution in [-0.2, 0) is 6.54 Å². The maximum atomic E-state index is 12.8. The number of thiophene rings is 1. The van der Waals surface area contributed by atoms with Crippen molar-refractivity contribution in [2.75, 3.05) is 31.5 Å². The number of carbonyl (C=O) groups is 2. The summed E-state index contributed by atoms with van der Waals surface area (Å²) in [5.41, 5.74) is 1.60. The molecular weight excluding hydrogens is 462 g/mol. The van der Waals surface area contributed by atoms with E-state index >= 15 is 0 Å². The lowest BCUT2D eigenvalue weighted by molar-refractivity contribution is 0.0948. The number of likely N-dealkylation sites (N-methyl/N-ethyl adjacent to an activating group) is 1. The van der Waals surface area contributed by atoms with Crippen molar-refractivity contribution in [1.29, 1.82) is 0 Å². The third-order valence-corrected chi connectivity index (χ3v) is 6.68. The van der Waals surface area contributed by atoms with Crippen molar-refractivity contribution in [3.05, 3.63) is 57.0 Å². The van der Waals surface area contributed by atoms with Gasteiger partial charge in [0.05, 0.1) is 16.6 Å². The van der Waals surface area contributed by atoms with E-state index in [0.29, 0.717) is 45.0 Å². The van der Waals surface area contributed by atoms with Crippen LogP contribution in [0.1, 0.15) is 46.4 Å². The molecule has 2 N–H and O–H groups in total. The second-order valence-electron chi connectivity index (χ2n) is 7.39. The van der Waals surface area contributed by atoms with Gasteiger partial charge in [-0.1, -0.05) is 13.8 Å². The third-order valence-electron chi connectivity index (χ3n) is 5.48. The highest BCUT2D eigenvalue weighted by atomic mass is 35.5. The summed E-state index contributed by atoms with van der Waals surface area (Å²) in [4.78, 5) is 45.3. The molecule has 3 rings (SSSR count). The van der Waals surface area contributed by atoms with Gasteiger partial charge in [0, 0.05) is 30.9 Å². The Labute approximate surface area is 203 Å². The van der Waals surface area contributed by atoms with E-state index in [1.807, 2.05) is 6.92 Å². The molecule has 3 aromatic rings. The van der Waals surface area contributed by atoms with E-state index in [1.165, 1.54) is 22.2 Å². The van der Waals surface area contributed by atoms with Gasteiger partial charge in [-0.15, -0.1) is 23.7 Å². The number of hydrogen-bond donors (Lipinski definition) is 2. The van der Waals surface area contributed by atoms with Gasteiger partial charge in [-0.3, -0.25) is 19.0 Å². The molecule has 0 spiro atoms. The average molecular weight is 492 g/mol. The molecule has 0 aliphatic rings. The number of halogens is 1. The first-order valence-corrected chi connectivity index (χ1v) is 11.6. The van der Waals surface area contributed by atoms with Crippen LogP contribution in [0.3, 0.4) is 0 Å². The van der Waals surface area contributed by atoms with Gasteiger partial charge < -0.3 is 15.5 Å². The second kappa shape index (κ2) is 11.9. The molecule has 1 aromatic carbocycles. The van der Waals surface area contributed by atoms with Crippen molar-refractivity contribution in [3.8, 4) is 0 Å². The number of aryl methyl sites for hydroxylation is 2. The highest BCUT2D eigenvalue weighted by Crippen LogP contribution is 2.27. The van der Waals surface area contributed by atoms with Crippen LogP contribution in [0.15, 0.2) is 35.4 Å². The number of anilines is 1. The fraction of sp³-hybridized carbons (Fsp3) is 0.391. The van der Waals surface area contributed by atoms with Crippen molar-refractivity contribution in [3.63, 3.8) is 0 Å². The van der Waals surface area contributed by atoms with E-state index in [1.54, 1.807) is 31.2 Å². The molecule has 2 aromatic heterocycles. The Bertz CT molecular complexity index is 1170. The number of nitrogens with zero attached hydrogens (tertiary/aromatic N) is 3. The van der Waals surface area contributed by atoms with E-state index < -0.39 is 0 Å². The highest BCUT2D eigenvalue weighted by molar-refractivity contribution is 7.20. The average Bonchev–Trinajstić information content (AvgIpc) is 3.14. The van der Waals surface area contributed by atoms with Crippen molar-refractivity contribution >= 4 is 51.5 Å². The van der Waals surface area contributed by atoms with Gasteiger partial charge in [0.25, 0.3) is 17.4 Å². The zero-order valence-electron chi connectivity index (χ0n) is 19.3. The van der Waals surface area contributed by atoms with Crippen molar-refractivity contribution < 1.29 is 9.59 Å². The molecule has 0 saturated carbocycles. The number of nitrogens with one attached hydrogen (secondary N) is 2. The molecule has 0 aliphatic heterocycles. The van der Waals surface area contributed by atoms with Crippen LogP contribution >= 0.6 is 23.7 Å². The van der Waals surface area contributed by atoms with Crippen LogP contribution in [0.5, 0.6) is 0 Å². The monoisotopic (exact) mass is 491 g/mol. The standard InChI is InChI=1S/C23H29N5O3S.ClH/c1-5-27(6-2)13-12-24-20(29)16-8-10-17(11-9-16)26-21(30)19-15(4)18-22(32-19)25-14-28(7-3)23(18)31;/h8-11,14H,5-7,12-13H2,1-4H3,(H,24,29)(H,26,30);1H. The first-order chi connectivity index (χ1) is 15.4. The summed E-state index contributed by atoms with van der Waals surface area (Å²) in [5, 5.41) is 6.25. The first-order valence-electron chi connectivity index (χ1n) is 10.8. The van der Waals surface area contributed by atoms with Gasteiger partial charge in [0.2, 0.25) is 0 Å². The summed E-state index contributed by atoms with van der Waals surface area (Å²) in [5.74, 6) is -0.446. The third kappa shape index (κ3) is 5.98. The fourth-order valence-electron chi connectivity index (χ4n) is 3.46. The number of rotatable bonds is 9. The number of hydrogen-bond acceptors (Lipinski definition) is 6. The van der Waals surface area contributed by atoms with Crippen LogP contribution in [-0.4, -0.2) is 52.4 Å². The molecule has 0 atom stereocenters. The number of aromatic nitrogens is 2. The van der Waals surface area contributed by atoms with E-state index in [2.05, 4.69) is 34.4 Å². The summed E-state index contributed by atoms with van der Waals surface area (Å²) in [6, 6.07) is 6.76. The highest BCUT2D eigenvalue weighted by Gasteiger charge is 2.19. The summed E-state index contributed by atoms with van der Waals surface area (Å²) in [7, 11) is 0. The Morgan fingerprint density at radius 1 is 1.09 bits per heavy atom. The molecule has 0 fully saturated rings. The molecule has 0 saturated heterocycles. The number of carbonyl (C=O) groups excluding carboxylic acids is 2. The van der Waals surface area contributed by atoms with E-state index in [9.17, 15) is 14.4 Å². The molecule has 0 unspecified atom stereocenters. The Morgan fingerprint density at radius 2 is 1.76 bits per heavy atom. The maximum Gasteiger partial charge on any atom is 0.266 e. The molecule has 8 nitrogen and oxygen atoms in total. The van der Waals surface area contributed by atoms with Gasteiger partial charge in [0.1, 0.15) is 4.83 Å². The molecule has 2 heterocycles. The van der Waals surface area contributed by atoms with Gasteiger partial charge in [-0.2, -0.15) is 0 Å². The lowest BCUT2D eigenvalue weighted by Gasteiger charge is -2.17. The normalized spacial score (nSPS) is 10.8. The number of fused-ring (bicyclic) bond motifs is 1. The van der Waals surface area contributed by atoms with Crippen LogP contribution < -0.4 is 16.2 Å². The van der Waals surface area contributed by atoms with Gasteiger partial charge in [0.15, 0.2) is 0 Å². The first kappa shape index (κ1) is 26.5. The molecule has 0 radical (unpaired) electrons. The van der Waals surface area contributed by atoms with E-state index in [0.717, 1.165) is 19.6 Å². The van der Waals surface area contributed by atoms with Gasteiger partial charge in [-0.05, 0) is 56.8 Å². The van der Waals surface area contributed by atoms with E-state index in [-0.39, 0.29) is 29.8 Å². The van der Waals surface area contributed by atoms with Crippen molar-refractivity contribution in [2.24, 2.45) is 0 Å². The zero-order valence-corrected chi connectivity index (χ0v) is 20.9. The van der Waals surface area contributed by atoms with E-state index in [4.69, 9.17) is 0 Å². The lowest BCUT2D eigenvalue weighted by Crippen LogP contribution is -2.34. The van der Waals surface area contributed by atoms with Crippen LogP contribution in [0, 0.1) is 6.92 Å². The van der Waals surface area contributed by atoms with Crippen LogP contribution in [0.4, 0.5) is 5.69 Å². The number of amides is 2. The predicted molar refractivity (Wildman–Crippen MR) is 136 cm³/mol. The maximum absolute atomic E-state index is 12.8. The quantitative estimate of drug-likeness (QED) is 0.477. The summed E-state index contributed by atoms with van der Waals surface area (Å²) >= 11 is 1.20. The largest absolute Gasteiger partial charge is 0.351 e. The smallest absolute Gasteiger partial charge is 0.266 e.